The minimum Gasteiger partial charge on any atom is -0.493 e. The maximum atomic E-state index is 12.1. The number of halogens is 1. The van der Waals surface area contributed by atoms with Crippen LogP contribution in [0.2, 0.25) is 0 Å². The Labute approximate surface area is 175 Å². The number of nitrogens with zero attached hydrogens (tertiary/aromatic N) is 1. The van der Waals surface area contributed by atoms with Gasteiger partial charge >= 0.3 is 5.37 Å². The Morgan fingerprint density at radius 1 is 1.03 bits per heavy atom. The van der Waals surface area contributed by atoms with Crippen LogP contribution in [0.25, 0.3) is 0 Å². The van der Waals surface area contributed by atoms with Gasteiger partial charge in [-0.3, -0.25) is 4.79 Å². The molecular formula is C24H22ClNO3. The van der Waals surface area contributed by atoms with Crippen molar-refractivity contribution in [2.45, 2.75) is 19.1 Å². The van der Waals surface area contributed by atoms with Gasteiger partial charge < -0.3 is 14.4 Å². The predicted molar refractivity (Wildman–Crippen MR) is 114 cm³/mol. The van der Waals surface area contributed by atoms with Crippen molar-refractivity contribution in [3.63, 3.8) is 0 Å². The van der Waals surface area contributed by atoms with Crippen molar-refractivity contribution in [3.05, 3.63) is 95.1 Å². The Morgan fingerprint density at radius 3 is 2.38 bits per heavy atom. The van der Waals surface area contributed by atoms with Gasteiger partial charge in [-0.15, -0.1) is 0 Å². The number of amides is 1. The third-order valence-corrected chi connectivity index (χ3v) is 5.45. The molecule has 4 rings (SSSR count). The number of hydrogen-bond donors (Lipinski definition) is 0. The van der Waals surface area contributed by atoms with Gasteiger partial charge in [0, 0.05) is 6.54 Å². The van der Waals surface area contributed by atoms with E-state index in [9.17, 15) is 4.79 Å². The summed E-state index contributed by atoms with van der Waals surface area (Å²) in [4.78, 5) is 13.8. The van der Waals surface area contributed by atoms with Gasteiger partial charge in [0.15, 0.2) is 11.5 Å². The number of carbonyl (C=O) groups excluding carboxylic acids is 1. The molecule has 1 heterocycles. The molecule has 0 saturated carbocycles. The normalized spacial score (nSPS) is 15.5. The zero-order valence-electron chi connectivity index (χ0n) is 16.2. The summed E-state index contributed by atoms with van der Waals surface area (Å²) >= 11 is 5.94. The number of carbonyl (C=O) groups is 1. The lowest BCUT2D eigenvalue weighted by atomic mass is 9.88. The molecule has 0 N–H and O–H groups in total. The zero-order chi connectivity index (χ0) is 20.2. The summed E-state index contributed by atoms with van der Waals surface area (Å²) in [6.45, 7) is 0.992. The first kappa shape index (κ1) is 19.3. The van der Waals surface area contributed by atoms with Crippen LogP contribution < -0.4 is 9.47 Å². The average molecular weight is 408 g/mol. The molecule has 1 atom stereocenters. The first-order valence-corrected chi connectivity index (χ1v) is 9.93. The molecule has 0 fully saturated rings. The number of methoxy groups -OCH3 is 1. The second-order valence-corrected chi connectivity index (χ2v) is 7.31. The highest BCUT2D eigenvalue weighted by atomic mass is 35.5. The molecular weight excluding hydrogens is 386 g/mol. The molecule has 29 heavy (non-hydrogen) atoms. The largest absolute Gasteiger partial charge is 0.493 e. The topological polar surface area (TPSA) is 38.8 Å². The highest BCUT2D eigenvalue weighted by molar-refractivity contribution is 6.62. The van der Waals surface area contributed by atoms with Crippen molar-refractivity contribution in [1.29, 1.82) is 0 Å². The molecule has 1 aliphatic rings. The fourth-order valence-corrected chi connectivity index (χ4v) is 4.00. The van der Waals surface area contributed by atoms with Crippen LogP contribution in [0.4, 0.5) is 4.79 Å². The Kier molecular flexibility index (Phi) is 5.72. The first-order chi connectivity index (χ1) is 14.2. The minimum absolute atomic E-state index is 0.255. The van der Waals surface area contributed by atoms with Gasteiger partial charge in [-0.2, -0.15) is 0 Å². The molecule has 5 heteroatoms. The summed E-state index contributed by atoms with van der Waals surface area (Å²) in [7, 11) is 1.64. The van der Waals surface area contributed by atoms with Crippen LogP contribution in [-0.2, 0) is 13.0 Å². The lowest BCUT2D eigenvalue weighted by Gasteiger charge is -2.36. The molecule has 0 aliphatic carbocycles. The first-order valence-electron chi connectivity index (χ1n) is 9.56. The van der Waals surface area contributed by atoms with E-state index in [-0.39, 0.29) is 6.04 Å². The van der Waals surface area contributed by atoms with Crippen molar-refractivity contribution in [2.24, 2.45) is 0 Å². The van der Waals surface area contributed by atoms with Crippen molar-refractivity contribution in [1.82, 2.24) is 4.90 Å². The second-order valence-electron chi connectivity index (χ2n) is 6.99. The van der Waals surface area contributed by atoms with E-state index < -0.39 is 5.37 Å². The molecule has 148 valence electrons. The van der Waals surface area contributed by atoms with Gasteiger partial charge in [-0.1, -0.05) is 60.7 Å². The van der Waals surface area contributed by atoms with E-state index in [0.717, 1.165) is 22.3 Å². The number of hydrogen-bond acceptors (Lipinski definition) is 3. The van der Waals surface area contributed by atoms with Crippen molar-refractivity contribution in [3.8, 4) is 11.5 Å². The molecule has 0 saturated heterocycles. The van der Waals surface area contributed by atoms with Crippen molar-refractivity contribution < 1.29 is 14.3 Å². The molecule has 0 spiro atoms. The summed E-state index contributed by atoms with van der Waals surface area (Å²) < 4.78 is 11.7. The highest BCUT2D eigenvalue weighted by Crippen LogP contribution is 2.41. The highest BCUT2D eigenvalue weighted by Gasteiger charge is 2.32. The van der Waals surface area contributed by atoms with Crippen LogP contribution >= 0.6 is 11.6 Å². The van der Waals surface area contributed by atoms with Crippen LogP contribution in [0.3, 0.4) is 0 Å². The molecule has 1 amide bonds. The Hall–Kier alpha value is -2.98. The van der Waals surface area contributed by atoms with Crippen molar-refractivity contribution in [2.75, 3.05) is 13.7 Å². The number of rotatable bonds is 5. The second kappa shape index (κ2) is 8.58. The van der Waals surface area contributed by atoms with E-state index in [0.29, 0.717) is 31.1 Å². The lowest BCUT2D eigenvalue weighted by molar-refractivity contribution is 0.203. The minimum atomic E-state index is -0.452. The number of benzene rings is 3. The van der Waals surface area contributed by atoms with E-state index in [4.69, 9.17) is 21.1 Å². The third kappa shape index (κ3) is 4.08. The Balaban J connectivity index is 1.74. The molecule has 4 nitrogen and oxygen atoms in total. The van der Waals surface area contributed by atoms with Crippen LogP contribution in [-0.4, -0.2) is 23.9 Å². The maximum Gasteiger partial charge on any atom is 0.317 e. The Bertz CT molecular complexity index is 992. The zero-order valence-corrected chi connectivity index (χ0v) is 16.9. The predicted octanol–water partition coefficient (Wildman–Crippen LogP) is 5.58. The molecule has 3 aromatic rings. The summed E-state index contributed by atoms with van der Waals surface area (Å²) in [5, 5.41) is -0.452. The van der Waals surface area contributed by atoms with E-state index in [1.165, 1.54) is 0 Å². The SMILES string of the molecule is COc1cc2c(cc1OCc1ccccc1)C(c1ccccc1)N(C(=O)Cl)CC2. The van der Waals surface area contributed by atoms with E-state index in [1.54, 1.807) is 12.0 Å². The molecule has 1 aliphatic heterocycles. The monoisotopic (exact) mass is 407 g/mol. The average Bonchev–Trinajstić information content (AvgIpc) is 2.77. The van der Waals surface area contributed by atoms with Gasteiger partial charge in [0.1, 0.15) is 6.61 Å². The van der Waals surface area contributed by atoms with Gasteiger partial charge in [0.25, 0.3) is 0 Å². The van der Waals surface area contributed by atoms with Gasteiger partial charge in [-0.05, 0) is 52.4 Å². The molecule has 0 aromatic heterocycles. The fraction of sp³-hybridized carbons (Fsp3) is 0.208. The molecule has 0 bridgehead atoms. The van der Waals surface area contributed by atoms with Gasteiger partial charge in [-0.25, -0.2) is 0 Å². The summed E-state index contributed by atoms with van der Waals surface area (Å²) in [5.41, 5.74) is 4.24. The van der Waals surface area contributed by atoms with Gasteiger partial charge in [0.05, 0.1) is 13.2 Å². The standard InChI is InChI=1S/C24H22ClNO3/c1-28-21-14-19-12-13-26(24(25)27)23(18-10-6-3-7-11-18)20(19)15-22(21)29-16-17-8-4-2-5-9-17/h2-11,14-15,23H,12-13,16H2,1H3. The molecule has 1 unspecified atom stereocenters. The van der Waals surface area contributed by atoms with Crippen LogP contribution in [0.15, 0.2) is 72.8 Å². The maximum absolute atomic E-state index is 12.1. The van der Waals surface area contributed by atoms with Crippen LogP contribution in [0, 0.1) is 0 Å². The summed E-state index contributed by atoms with van der Waals surface area (Å²) in [6.07, 6.45) is 0.715. The van der Waals surface area contributed by atoms with Gasteiger partial charge in [0.2, 0.25) is 0 Å². The number of ether oxygens (including phenoxy) is 2. The van der Waals surface area contributed by atoms with E-state index in [1.807, 2.05) is 72.8 Å². The summed E-state index contributed by atoms with van der Waals surface area (Å²) in [5.74, 6) is 1.34. The molecule has 0 radical (unpaired) electrons. The fourth-order valence-electron chi connectivity index (χ4n) is 3.82. The smallest absolute Gasteiger partial charge is 0.317 e. The quantitative estimate of drug-likeness (QED) is 0.409. The molecule has 3 aromatic carbocycles. The Morgan fingerprint density at radius 2 is 1.72 bits per heavy atom. The van der Waals surface area contributed by atoms with E-state index >= 15 is 0 Å². The number of fused-ring (bicyclic) bond motifs is 1. The third-order valence-electron chi connectivity index (χ3n) is 5.23. The van der Waals surface area contributed by atoms with Crippen LogP contribution in [0.5, 0.6) is 11.5 Å². The lowest BCUT2D eigenvalue weighted by Crippen LogP contribution is -2.37. The van der Waals surface area contributed by atoms with Crippen molar-refractivity contribution >= 4 is 17.0 Å². The van der Waals surface area contributed by atoms with E-state index in [2.05, 4.69) is 0 Å². The van der Waals surface area contributed by atoms with Crippen LogP contribution in [0.1, 0.15) is 28.3 Å². The summed E-state index contributed by atoms with van der Waals surface area (Å²) in [6, 6.07) is 23.7.